The number of nitrogens with one attached hydrogen (secondary N) is 1. The number of hydrogen-bond donors (Lipinski definition) is 1. The van der Waals surface area contributed by atoms with Gasteiger partial charge in [0, 0.05) is 32.4 Å². The molecule has 9 nitrogen and oxygen atoms in total. The average molecular weight is 457 g/mol. The number of aromatic nitrogens is 4. The number of carbonyl (C=O) groups excluding carboxylic acids is 2. The van der Waals surface area contributed by atoms with Gasteiger partial charge in [-0.3, -0.25) is 9.59 Å². The number of alkyl halides is 3. The SMILES string of the molecule is O=C(Nc1cccnn1)c1ccc(N2CCN(C(=O)c3ccccc3C(F)(F)F)CC2)nn1. The highest BCUT2D eigenvalue weighted by atomic mass is 19.4. The van der Waals surface area contributed by atoms with Crippen molar-refractivity contribution in [3.05, 3.63) is 71.5 Å². The standard InChI is InChI=1S/C21H18F3N7O2/c22-21(23,24)15-5-2-1-4-14(15)20(33)31-12-10-30(11-13-31)18-8-7-16(27-29-18)19(32)26-17-6-3-9-25-28-17/h1-9H,10-13H2,(H,26,28,32). The summed E-state index contributed by atoms with van der Waals surface area (Å²) in [6.07, 6.45) is -3.13. The van der Waals surface area contributed by atoms with E-state index in [9.17, 15) is 22.8 Å². The molecule has 4 rings (SSSR count). The largest absolute Gasteiger partial charge is 0.417 e. The lowest BCUT2D eigenvalue weighted by Gasteiger charge is -2.35. The van der Waals surface area contributed by atoms with E-state index in [2.05, 4.69) is 25.7 Å². The van der Waals surface area contributed by atoms with Gasteiger partial charge in [0.15, 0.2) is 17.3 Å². The smallest absolute Gasteiger partial charge is 0.352 e. The monoisotopic (exact) mass is 457 g/mol. The van der Waals surface area contributed by atoms with Crippen LogP contribution in [0.4, 0.5) is 24.8 Å². The zero-order valence-electron chi connectivity index (χ0n) is 17.2. The summed E-state index contributed by atoms with van der Waals surface area (Å²) in [6, 6.07) is 11.1. The number of carbonyl (C=O) groups is 2. The molecule has 2 aromatic heterocycles. The van der Waals surface area contributed by atoms with Crippen LogP contribution in [0, 0.1) is 0 Å². The summed E-state index contributed by atoms with van der Waals surface area (Å²) in [4.78, 5) is 28.2. The zero-order chi connectivity index (χ0) is 23.4. The first-order valence-corrected chi connectivity index (χ1v) is 9.96. The minimum absolute atomic E-state index is 0.0852. The lowest BCUT2D eigenvalue weighted by Crippen LogP contribution is -2.49. The number of halogens is 3. The van der Waals surface area contributed by atoms with Crippen molar-refractivity contribution in [2.75, 3.05) is 36.4 Å². The van der Waals surface area contributed by atoms with E-state index in [1.165, 1.54) is 35.4 Å². The number of benzene rings is 1. The van der Waals surface area contributed by atoms with Gasteiger partial charge in [-0.25, -0.2) is 0 Å². The molecule has 170 valence electrons. The van der Waals surface area contributed by atoms with Gasteiger partial charge in [-0.15, -0.1) is 15.3 Å². The first kappa shape index (κ1) is 22.1. The fourth-order valence-electron chi connectivity index (χ4n) is 3.39. The second-order valence-electron chi connectivity index (χ2n) is 7.16. The Bertz CT molecular complexity index is 1130. The molecule has 0 saturated carbocycles. The third-order valence-corrected chi connectivity index (χ3v) is 5.05. The van der Waals surface area contributed by atoms with Crippen LogP contribution in [-0.4, -0.2) is 63.3 Å². The van der Waals surface area contributed by atoms with Gasteiger partial charge >= 0.3 is 6.18 Å². The summed E-state index contributed by atoms with van der Waals surface area (Å²) in [5.41, 5.74) is -1.22. The molecular formula is C21H18F3N7O2. The van der Waals surface area contributed by atoms with E-state index in [4.69, 9.17) is 0 Å². The Balaban J connectivity index is 1.37. The van der Waals surface area contributed by atoms with Crippen molar-refractivity contribution >= 4 is 23.5 Å². The fourth-order valence-corrected chi connectivity index (χ4v) is 3.39. The predicted octanol–water partition coefficient (Wildman–Crippen LogP) is 2.50. The van der Waals surface area contributed by atoms with Gasteiger partial charge in [-0.1, -0.05) is 12.1 Å². The van der Waals surface area contributed by atoms with Crippen molar-refractivity contribution in [1.29, 1.82) is 0 Å². The molecule has 3 aromatic rings. The third kappa shape index (κ3) is 5.05. The maximum Gasteiger partial charge on any atom is 0.417 e. The Hall–Kier alpha value is -4.09. The molecule has 0 atom stereocenters. The molecule has 1 N–H and O–H groups in total. The van der Waals surface area contributed by atoms with Gasteiger partial charge in [-0.2, -0.15) is 18.3 Å². The lowest BCUT2D eigenvalue weighted by atomic mass is 10.1. The van der Waals surface area contributed by atoms with Crippen molar-refractivity contribution in [3.63, 3.8) is 0 Å². The van der Waals surface area contributed by atoms with Crippen LogP contribution in [0.1, 0.15) is 26.4 Å². The molecule has 1 aliphatic rings. The van der Waals surface area contributed by atoms with Crippen LogP contribution in [-0.2, 0) is 6.18 Å². The van der Waals surface area contributed by atoms with Crippen LogP contribution in [0.2, 0.25) is 0 Å². The number of piperazine rings is 1. The van der Waals surface area contributed by atoms with E-state index in [1.807, 2.05) is 4.90 Å². The quantitative estimate of drug-likeness (QED) is 0.642. The van der Waals surface area contributed by atoms with Crippen LogP contribution in [0.5, 0.6) is 0 Å². The van der Waals surface area contributed by atoms with Crippen molar-refractivity contribution in [3.8, 4) is 0 Å². The summed E-state index contributed by atoms with van der Waals surface area (Å²) < 4.78 is 39.7. The van der Waals surface area contributed by atoms with E-state index in [1.54, 1.807) is 18.2 Å². The van der Waals surface area contributed by atoms with Gasteiger partial charge in [0.2, 0.25) is 0 Å². The van der Waals surface area contributed by atoms with Crippen LogP contribution in [0.25, 0.3) is 0 Å². The summed E-state index contributed by atoms with van der Waals surface area (Å²) in [7, 11) is 0. The minimum atomic E-state index is -4.61. The van der Waals surface area contributed by atoms with Crippen LogP contribution < -0.4 is 10.2 Å². The first-order valence-electron chi connectivity index (χ1n) is 9.96. The highest BCUT2D eigenvalue weighted by Crippen LogP contribution is 2.32. The molecule has 2 amide bonds. The topological polar surface area (TPSA) is 104 Å². The summed E-state index contributed by atoms with van der Waals surface area (Å²) in [5, 5.41) is 18.0. The van der Waals surface area contributed by atoms with Crippen molar-refractivity contribution < 1.29 is 22.8 Å². The lowest BCUT2D eigenvalue weighted by molar-refractivity contribution is -0.138. The molecule has 0 spiro atoms. The van der Waals surface area contributed by atoms with Crippen LogP contribution in [0.15, 0.2) is 54.7 Å². The molecular weight excluding hydrogens is 439 g/mol. The third-order valence-electron chi connectivity index (χ3n) is 5.05. The van der Waals surface area contributed by atoms with Crippen molar-refractivity contribution in [2.24, 2.45) is 0 Å². The van der Waals surface area contributed by atoms with E-state index in [0.29, 0.717) is 18.9 Å². The maximum atomic E-state index is 13.2. The number of nitrogens with zero attached hydrogens (tertiary/aromatic N) is 6. The van der Waals surface area contributed by atoms with Gasteiger partial charge in [0.05, 0.1) is 11.1 Å². The Labute approximate surface area is 186 Å². The Morgan fingerprint density at radius 3 is 2.27 bits per heavy atom. The van der Waals surface area contributed by atoms with E-state index in [-0.39, 0.29) is 30.2 Å². The molecule has 0 unspecified atom stereocenters. The normalized spacial score (nSPS) is 14.2. The molecule has 1 fully saturated rings. The van der Waals surface area contributed by atoms with Gasteiger partial charge < -0.3 is 15.1 Å². The average Bonchev–Trinajstić information content (AvgIpc) is 2.84. The molecule has 33 heavy (non-hydrogen) atoms. The summed E-state index contributed by atoms with van der Waals surface area (Å²) in [6.45, 7) is 1.17. The zero-order valence-corrected chi connectivity index (χ0v) is 17.2. The molecule has 3 heterocycles. The molecule has 1 saturated heterocycles. The highest BCUT2D eigenvalue weighted by Gasteiger charge is 2.36. The molecule has 1 aliphatic heterocycles. The van der Waals surface area contributed by atoms with Gasteiger partial charge in [0.25, 0.3) is 11.8 Å². The fraction of sp³-hybridized carbons (Fsp3) is 0.238. The first-order chi connectivity index (χ1) is 15.8. The number of amides is 2. The Morgan fingerprint density at radius 2 is 1.64 bits per heavy atom. The predicted molar refractivity (Wildman–Crippen MR) is 112 cm³/mol. The molecule has 1 aromatic carbocycles. The van der Waals surface area contributed by atoms with E-state index >= 15 is 0 Å². The Morgan fingerprint density at radius 1 is 0.879 bits per heavy atom. The van der Waals surface area contributed by atoms with E-state index in [0.717, 1.165) is 6.07 Å². The Kier molecular flexibility index (Phi) is 6.16. The van der Waals surface area contributed by atoms with Gasteiger partial charge in [0.1, 0.15) is 0 Å². The highest BCUT2D eigenvalue weighted by molar-refractivity contribution is 6.02. The minimum Gasteiger partial charge on any atom is -0.352 e. The second kappa shape index (κ2) is 9.18. The number of hydrogen-bond acceptors (Lipinski definition) is 7. The molecule has 12 heteroatoms. The molecule has 0 aliphatic carbocycles. The van der Waals surface area contributed by atoms with Gasteiger partial charge in [-0.05, 0) is 36.4 Å². The van der Waals surface area contributed by atoms with Crippen LogP contribution >= 0.6 is 0 Å². The molecule has 0 radical (unpaired) electrons. The molecule has 0 bridgehead atoms. The summed E-state index contributed by atoms with van der Waals surface area (Å²) in [5.74, 6) is -0.381. The van der Waals surface area contributed by atoms with Crippen molar-refractivity contribution in [2.45, 2.75) is 6.18 Å². The number of anilines is 2. The van der Waals surface area contributed by atoms with Crippen LogP contribution in [0.3, 0.4) is 0 Å². The number of rotatable bonds is 4. The second-order valence-corrected chi connectivity index (χ2v) is 7.16. The van der Waals surface area contributed by atoms with Crippen molar-refractivity contribution in [1.82, 2.24) is 25.3 Å². The maximum absolute atomic E-state index is 13.2. The summed E-state index contributed by atoms with van der Waals surface area (Å²) >= 11 is 0. The van der Waals surface area contributed by atoms with E-state index < -0.39 is 23.6 Å².